The quantitative estimate of drug-likeness (QED) is 0.829. The molecule has 0 saturated heterocycles. The average Bonchev–Trinajstić information content (AvgIpc) is 3.09. The van der Waals surface area contributed by atoms with Crippen molar-refractivity contribution in [3.8, 4) is 0 Å². The van der Waals surface area contributed by atoms with Gasteiger partial charge in [-0.3, -0.25) is 14.5 Å². The Balaban J connectivity index is 1.57. The number of benzene rings is 1. The summed E-state index contributed by atoms with van der Waals surface area (Å²) < 4.78 is 5.43. The Bertz CT molecular complexity index is 746. The van der Waals surface area contributed by atoms with E-state index in [1.807, 2.05) is 55.4 Å². The number of hydrogen-bond donors (Lipinski definition) is 2. The summed E-state index contributed by atoms with van der Waals surface area (Å²) in [5.74, 6) is 0.517. The van der Waals surface area contributed by atoms with E-state index >= 15 is 0 Å². The van der Waals surface area contributed by atoms with Crippen LogP contribution >= 0.6 is 11.8 Å². The molecule has 1 aliphatic rings. The first-order chi connectivity index (χ1) is 12.0. The van der Waals surface area contributed by atoms with Crippen LogP contribution in [0.5, 0.6) is 0 Å². The first-order valence-electron chi connectivity index (χ1n) is 8.07. The Labute approximate surface area is 151 Å². The van der Waals surface area contributed by atoms with E-state index in [2.05, 4.69) is 10.6 Å². The van der Waals surface area contributed by atoms with E-state index in [4.69, 9.17) is 4.42 Å². The molecule has 3 rings (SSSR count). The number of furan rings is 1. The summed E-state index contributed by atoms with van der Waals surface area (Å²) in [5, 5.41) is 5.35. The van der Waals surface area contributed by atoms with Crippen LogP contribution in [0.4, 0.5) is 5.69 Å². The number of amides is 2. The van der Waals surface area contributed by atoms with E-state index in [-0.39, 0.29) is 24.3 Å². The second kappa shape index (κ2) is 7.76. The Hall–Kier alpha value is -2.25. The van der Waals surface area contributed by atoms with Gasteiger partial charge in [0.1, 0.15) is 5.76 Å². The van der Waals surface area contributed by atoms with Gasteiger partial charge in [0.25, 0.3) is 0 Å². The molecular weight excluding hydrogens is 338 g/mol. The summed E-state index contributed by atoms with van der Waals surface area (Å²) in [6.45, 7) is 0.426. The molecule has 132 valence electrons. The minimum Gasteiger partial charge on any atom is -0.468 e. The standard InChI is InChI=1S/C18H21N3O3S/c1-21(2)13(14-7-5-9-24-14)11-19-17(22)10-16-18(23)20-12-6-3-4-8-15(12)25-16/h3-9,13,16H,10-11H2,1-2H3,(H,19,22)(H,20,23)/t13-,16+/m1/s1. The van der Waals surface area contributed by atoms with Gasteiger partial charge in [-0.05, 0) is 38.4 Å². The molecule has 0 spiro atoms. The Morgan fingerprint density at radius 2 is 2.12 bits per heavy atom. The fourth-order valence-corrected chi connectivity index (χ4v) is 3.81. The van der Waals surface area contributed by atoms with Crippen molar-refractivity contribution in [3.05, 3.63) is 48.4 Å². The van der Waals surface area contributed by atoms with Crippen LogP contribution < -0.4 is 10.6 Å². The predicted molar refractivity (Wildman–Crippen MR) is 97.5 cm³/mol. The normalized spacial score (nSPS) is 17.7. The van der Waals surface area contributed by atoms with Crippen molar-refractivity contribution >= 4 is 29.3 Å². The van der Waals surface area contributed by atoms with Crippen LogP contribution in [0.3, 0.4) is 0 Å². The van der Waals surface area contributed by atoms with E-state index in [0.717, 1.165) is 16.3 Å². The molecule has 1 aliphatic heterocycles. The molecule has 0 fully saturated rings. The third-order valence-corrected chi connectivity index (χ3v) is 5.34. The first kappa shape index (κ1) is 17.6. The van der Waals surface area contributed by atoms with E-state index < -0.39 is 5.25 Å². The smallest absolute Gasteiger partial charge is 0.238 e. The van der Waals surface area contributed by atoms with Gasteiger partial charge >= 0.3 is 0 Å². The average molecular weight is 359 g/mol. The van der Waals surface area contributed by atoms with Gasteiger partial charge in [0.15, 0.2) is 0 Å². The largest absolute Gasteiger partial charge is 0.468 e. The molecule has 6 nitrogen and oxygen atoms in total. The molecule has 2 atom stereocenters. The van der Waals surface area contributed by atoms with Gasteiger partial charge in [-0.2, -0.15) is 0 Å². The maximum absolute atomic E-state index is 12.3. The topological polar surface area (TPSA) is 74.6 Å². The van der Waals surface area contributed by atoms with Gasteiger partial charge in [0.05, 0.1) is 23.2 Å². The van der Waals surface area contributed by atoms with Crippen molar-refractivity contribution in [2.24, 2.45) is 0 Å². The molecular formula is C18H21N3O3S. The first-order valence-corrected chi connectivity index (χ1v) is 8.95. The summed E-state index contributed by atoms with van der Waals surface area (Å²) >= 11 is 1.43. The maximum atomic E-state index is 12.3. The number of carbonyl (C=O) groups is 2. The van der Waals surface area contributed by atoms with Gasteiger partial charge in [-0.15, -0.1) is 11.8 Å². The molecule has 0 unspecified atom stereocenters. The molecule has 2 aromatic rings. The van der Waals surface area contributed by atoms with Crippen LogP contribution in [0.25, 0.3) is 0 Å². The van der Waals surface area contributed by atoms with Gasteiger partial charge in [-0.1, -0.05) is 12.1 Å². The highest BCUT2D eigenvalue weighted by Crippen LogP contribution is 2.36. The minimum absolute atomic E-state index is 0.0486. The maximum Gasteiger partial charge on any atom is 0.238 e. The Morgan fingerprint density at radius 3 is 2.84 bits per heavy atom. The molecule has 1 aromatic heterocycles. The lowest BCUT2D eigenvalue weighted by molar-refractivity contribution is -0.124. The summed E-state index contributed by atoms with van der Waals surface area (Å²) in [6.07, 6.45) is 1.76. The molecule has 1 aromatic carbocycles. The fraction of sp³-hybridized carbons (Fsp3) is 0.333. The van der Waals surface area contributed by atoms with Crippen LogP contribution in [0.15, 0.2) is 52.0 Å². The van der Waals surface area contributed by atoms with Crippen LogP contribution in [0, 0.1) is 0 Å². The number of carbonyl (C=O) groups excluding carboxylic acids is 2. The number of fused-ring (bicyclic) bond motifs is 1. The Morgan fingerprint density at radius 1 is 1.32 bits per heavy atom. The molecule has 0 saturated carbocycles. The number of para-hydroxylation sites is 1. The van der Waals surface area contributed by atoms with Crippen LogP contribution in [-0.2, 0) is 9.59 Å². The van der Waals surface area contributed by atoms with Gasteiger partial charge in [0.2, 0.25) is 11.8 Å². The Kier molecular flexibility index (Phi) is 5.45. The van der Waals surface area contributed by atoms with Crippen LogP contribution in [0.1, 0.15) is 18.2 Å². The number of hydrogen-bond acceptors (Lipinski definition) is 5. The lowest BCUT2D eigenvalue weighted by atomic mass is 10.2. The number of nitrogens with one attached hydrogen (secondary N) is 2. The molecule has 7 heteroatoms. The van der Waals surface area contributed by atoms with Gasteiger partial charge in [-0.25, -0.2) is 0 Å². The van der Waals surface area contributed by atoms with Crippen LogP contribution in [0.2, 0.25) is 0 Å². The monoisotopic (exact) mass is 359 g/mol. The van der Waals surface area contributed by atoms with E-state index in [9.17, 15) is 9.59 Å². The lowest BCUT2D eigenvalue weighted by Gasteiger charge is -2.25. The van der Waals surface area contributed by atoms with Gasteiger partial charge in [0, 0.05) is 17.9 Å². The predicted octanol–water partition coefficient (Wildman–Crippen LogP) is 2.50. The highest BCUT2D eigenvalue weighted by molar-refractivity contribution is 8.01. The SMILES string of the molecule is CN(C)[C@H](CNC(=O)C[C@@H]1Sc2ccccc2NC1=O)c1ccco1. The second-order valence-corrected chi connectivity index (χ2v) is 7.34. The molecule has 25 heavy (non-hydrogen) atoms. The molecule has 2 amide bonds. The fourth-order valence-electron chi connectivity index (χ4n) is 2.70. The third kappa shape index (κ3) is 4.24. The number of nitrogens with zero attached hydrogens (tertiary/aromatic N) is 1. The van der Waals surface area contributed by atoms with Crippen LogP contribution in [-0.4, -0.2) is 42.6 Å². The number of thioether (sulfide) groups is 1. The zero-order valence-electron chi connectivity index (χ0n) is 14.2. The molecule has 2 N–H and O–H groups in total. The summed E-state index contributed by atoms with van der Waals surface area (Å²) in [4.78, 5) is 27.5. The summed E-state index contributed by atoms with van der Waals surface area (Å²) in [7, 11) is 3.86. The summed E-state index contributed by atoms with van der Waals surface area (Å²) in [5.41, 5.74) is 0.805. The van der Waals surface area contributed by atoms with Crippen molar-refractivity contribution in [1.82, 2.24) is 10.2 Å². The zero-order valence-corrected chi connectivity index (χ0v) is 15.0. The molecule has 2 heterocycles. The lowest BCUT2D eigenvalue weighted by Crippen LogP contribution is -2.38. The van der Waals surface area contributed by atoms with Crippen molar-refractivity contribution in [1.29, 1.82) is 0 Å². The highest BCUT2D eigenvalue weighted by Gasteiger charge is 2.29. The third-order valence-electron chi connectivity index (χ3n) is 4.06. The summed E-state index contributed by atoms with van der Waals surface area (Å²) in [6, 6.07) is 11.3. The number of anilines is 1. The van der Waals surface area contributed by atoms with Crippen molar-refractivity contribution in [2.75, 3.05) is 26.0 Å². The molecule has 0 aliphatic carbocycles. The zero-order chi connectivity index (χ0) is 17.8. The second-order valence-electron chi connectivity index (χ2n) is 6.09. The van der Waals surface area contributed by atoms with Gasteiger partial charge < -0.3 is 15.1 Å². The minimum atomic E-state index is -0.420. The highest BCUT2D eigenvalue weighted by atomic mass is 32.2. The van der Waals surface area contributed by atoms with Crippen molar-refractivity contribution in [2.45, 2.75) is 22.6 Å². The van der Waals surface area contributed by atoms with Crippen molar-refractivity contribution < 1.29 is 14.0 Å². The van der Waals surface area contributed by atoms with E-state index in [1.54, 1.807) is 6.26 Å². The van der Waals surface area contributed by atoms with Crippen molar-refractivity contribution in [3.63, 3.8) is 0 Å². The number of likely N-dealkylation sites (N-methyl/N-ethyl adjacent to an activating group) is 1. The molecule has 0 radical (unpaired) electrons. The van der Waals surface area contributed by atoms with E-state index in [1.165, 1.54) is 11.8 Å². The van der Waals surface area contributed by atoms with E-state index in [0.29, 0.717) is 6.54 Å². The molecule has 0 bridgehead atoms. The number of rotatable bonds is 6.